The first kappa shape index (κ1) is 18.6. The van der Waals surface area contributed by atoms with Crippen molar-refractivity contribution in [2.45, 2.75) is 14.8 Å². The van der Waals surface area contributed by atoms with Crippen LogP contribution in [0.25, 0.3) is 0 Å². The Labute approximate surface area is 157 Å². The first-order chi connectivity index (χ1) is 12.0. The zero-order valence-electron chi connectivity index (χ0n) is 14.5. The molecule has 1 aliphatic rings. The van der Waals surface area contributed by atoms with E-state index in [4.69, 9.17) is 0 Å². The summed E-state index contributed by atoms with van der Waals surface area (Å²) in [6.45, 7) is 3.59. The minimum atomic E-state index is -3.63. The van der Waals surface area contributed by atoms with Gasteiger partial charge in [-0.3, -0.25) is 0 Å². The summed E-state index contributed by atoms with van der Waals surface area (Å²) in [5.74, 6) is 0.768. The number of rotatable bonds is 5. The number of anilines is 1. The molecular weight excluding hydrogens is 376 g/mol. The number of sulfone groups is 1. The van der Waals surface area contributed by atoms with Gasteiger partial charge in [0.05, 0.1) is 9.79 Å². The zero-order valence-corrected chi connectivity index (χ0v) is 17.0. The highest BCUT2D eigenvalue weighted by molar-refractivity contribution is 8.00. The lowest BCUT2D eigenvalue weighted by Gasteiger charge is -2.32. The van der Waals surface area contributed by atoms with Gasteiger partial charge in [0.25, 0.3) is 0 Å². The topological polar surface area (TPSA) is 58.4 Å². The fourth-order valence-corrected chi connectivity index (χ4v) is 6.33. The van der Waals surface area contributed by atoms with Crippen molar-refractivity contribution in [1.82, 2.24) is 14.1 Å². The van der Waals surface area contributed by atoms with Gasteiger partial charge in [-0.25, -0.2) is 8.42 Å². The number of nitrogens with zero attached hydrogens (tertiary/aromatic N) is 4. The largest absolute Gasteiger partial charge is 0.352 e. The molecule has 1 aliphatic heterocycles. The molecule has 1 fully saturated rings. The van der Waals surface area contributed by atoms with E-state index in [2.05, 4.69) is 21.9 Å². The van der Waals surface area contributed by atoms with Crippen molar-refractivity contribution in [3.63, 3.8) is 0 Å². The van der Waals surface area contributed by atoms with E-state index in [1.807, 2.05) is 18.6 Å². The number of piperazine rings is 1. The van der Waals surface area contributed by atoms with Crippen LogP contribution in [0, 0.1) is 0 Å². The lowest BCUT2D eigenvalue weighted by atomic mass is 10.3. The summed E-state index contributed by atoms with van der Waals surface area (Å²) in [7, 11) is -1.54. The van der Waals surface area contributed by atoms with Gasteiger partial charge in [-0.1, -0.05) is 18.2 Å². The number of likely N-dealkylation sites (N-methyl/N-ethyl adjacent to an activating group) is 1. The van der Waals surface area contributed by atoms with Gasteiger partial charge in [0.1, 0.15) is 0 Å². The molecule has 3 rings (SSSR count). The average Bonchev–Trinajstić information content (AvgIpc) is 3.02. The molecule has 2 aromatic rings. The first-order valence-corrected chi connectivity index (χ1v) is 11.8. The van der Waals surface area contributed by atoms with Crippen molar-refractivity contribution in [3.8, 4) is 0 Å². The van der Waals surface area contributed by atoms with Crippen LogP contribution >= 0.6 is 23.7 Å². The Kier molecular flexibility index (Phi) is 5.67. The van der Waals surface area contributed by atoms with E-state index < -0.39 is 9.84 Å². The van der Waals surface area contributed by atoms with Gasteiger partial charge in [-0.05, 0) is 37.4 Å². The maximum Gasteiger partial charge on any atom is 0.225 e. The second-order valence-corrected chi connectivity index (χ2v) is 9.22. The summed E-state index contributed by atoms with van der Waals surface area (Å²) in [5, 5.41) is 4.90. The van der Waals surface area contributed by atoms with Gasteiger partial charge in [0, 0.05) is 32.4 Å². The molecule has 0 atom stereocenters. The van der Waals surface area contributed by atoms with Crippen LogP contribution in [0.2, 0.25) is 0 Å². The average molecular weight is 399 g/mol. The van der Waals surface area contributed by atoms with E-state index in [1.165, 1.54) is 23.7 Å². The van der Waals surface area contributed by atoms with Crippen molar-refractivity contribution in [2.75, 3.05) is 50.6 Å². The lowest BCUT2D eigenvalue weighted by Crippen LogP contribution is -2.44. The van der Waals surface area contributed by atoms with Crippen molar-refractivity contribution in [1.29, 1.82) is 0 Å². The monoisotopic (exact) mass is 398 g/mol. The number of hydrogen-bond donors (Lipinski definition) is 0. The van der Waals surface area contributed by atoms with Crippen molar-refractivity contribution < 1.29 is 8.42 Å². The number of hydrogen-bond acceptors (Lipinski definition) is 7. The molecule has 2 heterocycles. The van der Waals surface area contributed by atoms with E-state index in [1.54, 1.807) is 28.4 Å². The summed E-state index contributed by atoms with van der Waals surface area (Å²) in [5.41, 5.74) is 0. The van der Waals surface area contributed by atoms with Crippen LogP contribution in [0.3, 0.4) is 0 Å². The fourth-order valence-electron chi connectivity index (χ4n) is 2.82. The third-order valence-corrected chi connectivity index (χ3v) is 7.66. The molecule has 0 radical (unpaired) electrons. The molecule has 0 spiro atoms. The minimum absolute atomic E-state index is 0.271. The van der Waals surface area contributed by atoms with Gasteiger partial charge in [0.2, 0.25) is 9.84 Å². The summed E-state index contributed by atoms with van der Waals surface area (Å²) < 4.78 is 28.0. The summed E-state index contributed by atoms with van der Waals surface area (Å²) in [6.07, 6.45) is 3.75. The zero-order chi connectivity index (χ0) is 18.0. The molecule has 0 N–H and O–H groups in total. The van der Waals surface area contributed by atoms with E-state index in [0.29, 0.717) is 4.90 Å². The quantitative estimate of drug-likeness (QED) is 0.716. The van der Waals surface area contributed by atoms with E-state index in [9.17, 15) is 8.42 Å². The molecule has 1 aromatic carbocycles. The smallest absolute Gasteiger partial charge is 0.225 e. The molecule has 0 aliphatic carbocycles. The SMILES string of the molecule is CSc1c(N2CCN(C)CC2)nn(SC)c1S(=O)(=O)c1ccccc1. The highest BCUT2D eigenvalue weighted by atomic mass is 32.2. The van der Waals surface area contributed by atoms with Crippen LogP contribution in [-0.2, 0) is 9.84 Å². The molecule has 9 heteroatoms. The maximum atomic E-state index is 13.2. The Morgan fingerprint density at radius 1 is 1.04 bits per heavy atom. The molecule has 6 nitrogen and oxygen atoms in total. The summed E-state index contributed by atoms with van der Waals surface area (Å²) in [4.78, 5) is 5.47. The maximum absolute atomic E-state index is 13.2. The van der Waals surface area contributed by atoms with Crippen LogP contribution in [0.15, 0.2) is 45.1 Å². The van der Waals surface area contributed by atoms with Crippen LogP contribution in [0.5, 0.6) is 0 Å². The van der Waals surface area contributed by atoms with Crippen molar-refractivity contribution >= 4 is 39.4 Å². The molecular formula is C16H22N4O2S3. The third kappa shape index (κ3) is 3.55. The molecule has 0 amide bonds. The van der Waals surface area contributed by atoms with Crippen LogP contribution in [0.4, 0.5) is 5.82 Å². The van der Waals surface area contributed by atoms with E-state index in [-0.39, 0.29) is 5.03 Å². The normalized spacial score (nSPS) is 16.4. The molecule has 0 bridgehead atoms. The van der Waals surface area contributed by atoms with E-state index >= 15 is 0 Å². The number of thioether (sulfide) groups is 1. The van der Waals surface area contributed by atoms with Crippen LogP contribution in [-0.4, -0.2) is 68.2 Å². The van der Waals surface area contributed by atoms with Gasteiger partial charge in [-0.15, -0.1) is 16.9 Å². The Morgan fingerprint density at radius 2 is 1.68 bits per heavy atom. The number of aromatic nitrogens is 2. The second kappa shape index (κ2) is 7.61. The molecule has 1 saturated heterocycles. The van der Waals surface area contributed by atoms with Crippen LogP contribution in [0.1, 0.15) is 0 Å². The van der Waals surface area contributed by atoms with Crippen LogP contribution < -0.4 is 4.90 Å². The van der Waals surface area contributed by atoms with Gasteiger partial charge in [-0.2, -0.15) is 4.09 Å². The minimum Gasteiger partial charge on any atom is -0.352 e. The molecule has 25 heavy (non-hydrogen) atoms. The Bertz CT molecular complexity index is 829. The standard InChI is InChI=1S/C16H22N4O2S3/c1-18-9-11-19(12-10-18)15-14(23-2)16(20(17-15)24-3)25(21,22)13-7-5-4-6-8-13/h4-8H,9-12H2,1-3H3. The highest BCUT2D eigenvalue weighted by Crippen LogP contribution is 2.38. The first-order valence-electron chi connectivity index (χ1n) is 7.94. The number of benzene rings is 1. The molecule has 0 unspecified atom stereocenters. The van der Waals surface area contributed by atoms with Crippen molar-refractivity contribution in [2.24, 2.45) is 0 Å². The van der Waals surface area contributed by atoms with Gasteiger partial charge < -0.3 is 9.80 Å². The second-order valence-electron chi connectivity index (χ2n) is 5.82. The Morgan fingerprint density at radius 3 is 2.24 bits per heavy atom. The molecule has 0 saturated carbocycles. The highest BCUT2D eigenvalue weighted by Gasteiger charge is 2.32. The lowest BCUT2D eigenvalue weighted by molar-refractivity contribution is 0.311. The summed E-state index contributed by atoms with van der Waals surface area (Å²) >= 11 is 2.75. The van der Waals surface area contributed by atoms with Crippen molar-refractivity contribution in [3.05, 3.63) is 30.3 Å². The summed E-state index contributed by atoms with van der Waals surface area (Å²) in [6, 6.07) is 8.56. The predicted molar refractivity (Wildman–Crippen MR) is 105 cm³/mol. The molecule has 136 valence electrons. The third-order valence-electron chi connectivity index (χ3n) is 4.24. The van der Waals surface area contributed by atoms with Gasteiger partial charge >= 0.3 is 0 Å². The Hall–Kier alpha value is -1.16. The molecule has 1 aromatic heterocycles. The van der Waals surface area contributed by atoms with E-state index in [0.717, 1.165) is 36.9 Å². The predicted octanol–water partition coefficient (Wildman–Crippen LogP) is 2.32. The fraction of sp³-hybridized carbons (Fsp3) is 0.438. The Balaban J connectivity index is 2.11. The van der Waals surface area contributed by atoms with Gasteiger partial charge in [0.15, 0.2) is 10.8 Å².